The van der Waals surface area contributed by atoms with Crippen LogP contribution in [0.3, 0.4) is 0 Å². The maximum Gasteiger partial charge on any atom is 0.353 e. The molecule has 22 heavy (non-hydrogen) atoms. The van der Waals surface area contributed by atoms with Crippen LogP contribution in [0.2, 0.25) is 0 Å². The highest BCUT2D eigenvalue weighted by molar-refractivity contribution is 5.77. The molecule has 1 atom stereocenters. The first-order chi connectivity index (χ1) is 10.0. The first-order valence-corrected chi connectivity index (χ1v) is 6.61. The van der Waals surface area contributed by atoms with Crippen LogP contribution >= 0.6 is 0 Å². The molecule has 0 aliphatic rings. The van der Waals surface area contributed by atoms with E-state index in [-0.39, 0.29) is 6.42 Å². The fraction of sp³-hybridized carbons (Fsp3) is 0.467. The summed E-state index contributed by atoms with van der Waals surface area (Å²) < 4.78 is 5.48. The second kappa shape index (κ2) is 8.47. The molecule has 0 aliphatic carbocycles. The molecule has 0 aliphatic heterocycles. The van der Waals surface area contributed by atoms with Gasteiger partial charge in [0.2, 0.25) is 5.72 Å². The van der Waals surface area contributed by atoms with Gasteiger partial charge in [0.15, 0.2) is 0 Å². The Morgan fingerprint density at radius 3 is 1.91 bits per heavy atom. The normalized spacial score (nSPS) is 13.5. The Hall–Kier alpha value is -1.96. The SMILES string of the molecule is CC(=O)O.CC(C)(C)OC(Cc1ccccc1)(NO)C(=O)O. The zero-order chi connectivity index (χ0) is 17.4. The molecular formula is C15H23NO6. The molecule has 0 heterocycles. The van der Waals surface area contributed by atoms with E-state index in [4.69, 9.17) is 14.6 Å². The van der Waals surface area contributed by atoms with Crippen molar-refractivity contribution in [3.05, 3.63) is 35.9 Å². The van der Waals surface area contributed by atoms with Gasteiger partial charge in [-0.3, -0.25) is 4.79 Å². The number of ether oxygens (including phenoxy) is 1. The van der Waals surface area contributed by atoms with Crippen molar-refractivity contribution in [3.8, 4) is 0 Å². The summed E-state index contributed by atoms with van der Waals surface area (Å²) in [5.41, 5.74) is 0.000489. The summed E-state index contributed by atoms with van der Waals surface area (Å²) in [5, 5.41) is 25.9. The van der Waals surface area contributed by atoms with E-state index in [2.05, 4.69) is 0 Å². The van der Waals surface area contributed by atoms with Crippen LogP contribution in [0.5, 0.6) is 0 Å². The average molecular weight is 313 g/mol. The minimum Gasteiger partial charge on any atom is -0.481 e. The van der Waals surface area contributed by atoms with Crippen molar-refractivity contribution in [2.45, 2.75) is 45.4 Å². The molecule has 1 rings (SSSR count). The summed E-state index contributed by atoms with van der Waals surface area (Å²) in [5.74, 6) is -2.09. The van der Waals surface area contributed by atoms with Gasteiger partial charge in [-0.25, -0.2) is 4.79 Å². The summed E-state index contributed by atoms with van der Waals surface area (Å²) in [6.07, 6.45) is 0.0247. The van der Waals surface area contributed by atoms with Crippen LogP contribution in [0.15, 0.2) is 30.3 Å². The lowest BCUT2D eigenvalue weighted by Gasteiger charge is -2.34. The Bertz CT molecular complexity index is 479. The summed E-state index contributed by atoms with van der Waals surface area (Å²) >= 11 is 0. The van der Waals surface area contributed by atoms with Gasteiger partial charge in [0.1, 0.15) is 0 Å². The summed E-state index contributed by atoms with van der Waals surface area (Å²) in [6.45, 7) is 6.27. The van der Waals surface area contributed by atoms with Gasteiger partial charge in [-0.2, -0.15) is 5.48 Å². The third kappa shape index (κ3) is 7.72. The molecule has 7 heteroatoms. The highest BCUT2D eigenvalue weighted by Crippen LogP contribution is 2.22. The average Bonchev–Trinajstić information content (AvgIpc) is 2.36. The van der Waals surface area contributed by atoms with Gasteiger partial charge >= 0.3 is 5.97 Å². The van der Waals surface area contributed by atoms with E-state index in [1.54, 1.807) is 50.5 Å². The van der Waals surface area contributed by atoms with E-state index in [0.717, 1.165) is 12.5 Å². The van der Waals surface area contributed by atoms with Crippen molar-refractivity contribution in [1.82, 2.24) is 5.48 Å². The van der Waals surface area contributed by atoms with E-state index in [1.165, 1.54) is 0 Å². The Balaban J connectivity index is 0.000000980. The maximum absolute atomic E-state index is 11.4. The minimum atomic E-state index is -1.85. The van der Waals surface area contributed by atoms with Crippen LogP contribution in [0.25, 0.3) is 0 Å². The molecule has 7 nitrogen and oxygen atoms in total. The van der Waals surface area contributed by atoms with Crippen molar-refractivity contribution in [2.24, 2.45) is 0 Å². The topological polar surface area (TPSA) is 116 Å². The lowest BCUT2D eigenvalue weighted by molar-refractivity contribution is -0.216. The quantitative estimate of drug-likeness (QED) is 0.484. The highest BCUT2D eigenvalue weighted by Gasteiger charge is 2.43. The molecule has 124 valence electrons. The molecule has 1 aromatic rings. The second-order valence-electron chi connectivity index (χ2n) is 5.64. The number of aliphatic carboxylic acids is 2. The number of carbonyl (C=O) groups is 2. The summed E-state index contributed by atoms with van der Waals surface area (Å²) in [4.78, 5) is 20.4. The number of hydroxylamine groups is 1. The van der Waals surface area contributed by atoms with Crippen molar-refractivity contribution in [2.75, 3.05) is 0 Å². The van der Waals surface area contributed by atoms with Gasteiger partial charge in [-0.15, -0.1) is 0 Å². The number of hydrogen-bond acceptors (Lipinski definition) is 5. The van der Waals surface area contributed by atoms with Crippen LogP contribution in [-0.4, -0.2) is 38.7 Å². The number of carboxylic acids is 2. The first kappa shape index (κ1) is 20.0. The van der Waals surface area contributed by atoms with Gasteiger partial charge in [-0.05, 0) is 26.3 Å². The van der Waals surface area contributed by atoms with Gasteiger partial charge in [0.05, 0.1) is 5.60 Å². The van der Waals surface area contributed by atoms with Gasteiger partial charge in [0.25, 0.3) is 5.97 Å². The van der Waals surface area contributed by atoms with Crippen LogP contribution in [0.1, 0.15) is 33.3 Å². The molecule has 0 spiro atoms. The molecule has 0 saturated heterocycles. The third-order valence-electron chi connectivity index (χ3n) is 2.30. The Kier molecular flexibility index (Phi) is 7.72. The van der Waals surface area contributed by atoms with Crippen molar-refractivity contribution in [1.29, 1.82) is 0 Å². The predicted molar refractivity (Wildman–Crippen MR) is 79.6 cm³/mol. The molecule has 1 aromatic carbocycles. The molecule has 0 amide bonds. The molecule has 0 saturated carbocycles. The Morgan fingerprint density at radius 2 is 1.59 bits per heavy atom. The summed E-state index contributed by atoms with van der Waals surface area (Å²) in [6, 6.07) is 9.00. The lowest BCUT2D eigenvalue weighted by atomic mass is 10.0. The van der Waals surface area contributed by atoms with E-state index < -0.39 is 23.3 Å². The Labute approximate surface area is 129 Å². The van der Waals surface area contributed by atoms with Crippen molar-refractivity contribution < 1.29 is 29.7 Å². The van der Waals surface area contributed by atoms with Crippen molar-refractivity contribution in [3.63, 3.8) is 0 Å². The lowest BCUT2D eigenvalue weighted by Crippen LogP contribution is -2.57. The Morgan fingerprint density at radius 1 is 1.14 bits per heavy atom. The van der Waals surface area contributed by atoms with E-state index in [1.807, 2.05) is 6.07 Å². The summed E-state index contributed by atoms with van der Waals surface area (Å²) in [7, 11) is 0. The van der Waals surface area contributed by atoms with Gasteiger partial charge < -0.3 is 20.2 Å². The maximum atomic E-state index is 11.4. The fourth-order valence-electron chi connectivity index (χ4n) is 1.67. The first-order valence-electron chi connectivity index (χ1n) is 6.61. The molecule has 4 N–H and O–H groups in total. The van der Waals surface area contributed by atoms with Crippen molar-refractivity contribution >= 4 is 11.9 Å². The highest BCUT2D eigenvalue weighted by atomic mass is 16.6. The van der Waals surface area contributed by atoms with Crippen LogP contribution in [0.4, 0.5) is 0 Å². The largest absolute Gasteiger partial charge is 0.481 e. The standard InChI is InChI=1S/C13H19NO4.C2H4O2/c1-12(2,3)18-13(14-17,11(15)16)9-10-7-5-4-6-8-10;1-2(3)4/h4-8,14,17H,9H2,1-3H3,(H,15,16);1H3,(H,3,4). The van der Waals surface area contributed by atoms with Crippen LogP contribution in [0, 0.1) is 0 Å². The molecule has 0 fully saturated rings. The van der Waals surface area contributed by atoms with Gasteiger partial charge in [-0.1, -0.05) is 30.3 Å². The zero-order valence-corrected chi connectivity index (χ0v) is 13.2. The second-order valence-corrected chi connectivity index (χ2v) is 5.64. The number of carboxylic acid groups (broad SMARTS) is 2. The number of benzene rings is 1. The van der Waals surface area contributed by atoms with Crippen LogP contribution < -0.4 is 5.48 Å². The molecule has 0 aromatic heterocycles. The molecular weight excluding hydrogens is 290 g/mol. The zero-order valence-electron chi connectivity index (χ0n) is 13.2. The fourth-order valence-corrected chi connectivity index (χ4v) is 1.67. The molecule has 1 unspecified atom stereocenters. The number of rotatable bonds is 5. The van der Waals surface area contributed by atoms with E-state index in [9.17, 15) is 15.1 Å². The monoisotopic (exact) mass is 313 g/mol. The molecule has 0 bridgehead atoms. The third-order valence-corrected chi connectivity index (χ3v) is 2.30. The minimum absolute atomic E-state index is 0.0247. The number of nitrogens with one attached hydrogen (secondary N) is 1. The smallest absolute Gasteiger partial charge is 0.353 e. The van der Waals surface area contributed by atoms with Gasteiger partial charge in [0, 0.05) is 13.3 Å². The van der Waals surface area contributed by atoms with E-state index >= 15 is 0 Å². The molecule has 0 radical (unpaired) electrons. The number of hydrogen-bond donors (Lipinski definition) is 4. The van der Waals surface area contributed by atoms with Crippen LogP contribution in [-0.2, 0) is 20.7 Å². The van der Waals surface area contributed by atoms with E-state index in [0.29, 0.717) is 0 Å². The predicted octanol–water partition coefficient (Wildman–Crippen LogP) is 1.89.